The molecule has 1 aliphatic heterocycles. The van der Waals surface area contributed by atoms with E-state index in [-0.39, 0.29) is 26.6 Å². The molecule has 5 aromatic rings. The standard InChI is InChI=1S/C35H25Cl2NO8/c36-25-17-16-21-18-19-38(31(39)27(21)28(25)37)32-30(46-35(42)24-14-8-3-9-15-24)29(45-34(41)23-12-6-2-7-13-23)26(44-32)20-43-33(40)22-10-4-1-5-11-22/h1-19,26,29-30,32H,20H2/t26-,29+,30-,32-/m1/s1. The van der Waals surface area contributed by atoms with Crippen molar-refractivity contribution in [1.82, 2.24) is 4.57 Å². The smallest absolute Gasteiger partial charge is 0.338 e. The summed E-state index contributed by atoms with van der Waals surface area (Å²) in [4.78, 5) is 53.5. The van der Waals surface area contributed by atoms with Crippen molar-refractivity contribution in [2.24, 2.45) is 0 Å². The number of carbonyl (C=O) groups is 3. The van der Waals surface area contributed by atoms with Gasteiger partial charge in [0.2, 0.25) is 0 Å². The third-order valence-corrected chi connectivity index (χ3v) is 8.25. The molecule has 4 aromatic carbocycles. The molecule has 6 rings (SSSR count). The molecule has 46 heavy (non-hydrogen) atoms. The molecule has 11 heteroatoms. The highest BCUT2D eigenvalue weighted by molar-refractivity contribution is 6.45. The van der Waals surface area contributed by atoms with Crippen molar-refractivity contribution < 1.29 is 33.3 Å². The van der Waals surface area contributed by atoms with Crippen molar-refractivity contribution in [3.05, 3.63) is 152 Å². The summed E-state index contributed by atoms with van der Waals surface area (Å²) in [7, 11) is 0. The first kappa shape index (κ1) is 31.0. The highest BCUT2D eigenvalue weighted by atomic mass is 35.5. The summed E-state index contributed by atoms with van der Waals surface area (Å²) in [6, 6.07) is 29.5. The number of halogens is 2. The maximum atomic E-state index is 13.9. The van der Waals surface area contributed by atoms with E-state index in [0.717, 1.165) is 0 Å². The number of rotatable bonds is 8. The first-order chi connectivity index (χ1) is 22.3. The second-order valence-corrected chi connectivity index (χ2v) is 11.1. The lowest BCUT2D eigenvalue weighted by atomic mass is 10.1. The number of fused-ring (bicyclic) bond motifs is 1. The van der Waals surface area contributed by atoms with Crippen molar-refractivity contribution in [3.63, 3.8) is 0 Å². The maximum absolute atomic E-state index is 13.9. The molecule has 4 atom stereocenters. The predicted molar refractivity (Wildman–Crippen MR) is 170 cm³/mol. The number of esters is 3. The minimum Gasteiger partial charge on any atom is -0.459 e. The van der Waals surface area contributed by atoms with Crippen molar-refractivity contribution in [3.8, 4) is 0 Å². The molecule has 0 amide bonds. The summed E-state index contributed by atoms with van der Waals surface area (Å²) >= 11 is 12.7. The van der Waals surface area contributed by atoms with Crippen LogP contribution in [0.3, 0.4) is 0 Å². The van der Waals surface area contributed by atoms with Gasteiger partial charge in [-0.1, -0.05) is 83.9 Å². The molecule has 2 heterocycles. The molecular formula is C35H25Cl2NO8. The second kappa shape index (κ2) is 13.6. The van der Waals surface area contributed by atoms with Gasteiger partial charge < -0.3 is 18.9 Å². The SMILES string of the molecule is O=C(OC[C@H]1O[C@@H](n2ccc3ccc(Cl)c(Cl)c3c2=O)[C@H](OC(=O)c2ccccc2)[C@H]1OC(=O)c1ccccc1)c1ccccc1. The number of hydrogen-bond donors (Lipinski definition) is 0. The summed E-state index contributed by atoms with van der Waals surface area (Å²) in [6.45, 7) is -0.398. The molecule has 0 spiro atoms. The molecule has 0 saturated carbocycles. The number of aromatic nitrogens is 1. The van der Waals surface area contributed by atoms with Crippen LogP contribution in [0.2, 0.25) is 10.0 Å². The van der Waals surface area contributed by atoms with Crippen LogP contribution in [0.15, 0.2) is 120 Å². The number of nitrogens with zero attached hydrogens (tertiary/aromatic N) is 1. The molecule has 0 unspecified atom stereocenters. The zero-order valence-electron chi connectivity index (χ0n) is 24.0. The van der Waals surface area contributed by atoms with E-state index in [1.807, 2.05) is 0 Å². The van der Waals surface area contributed by atoms with Gasteiger partial charge in [-0.25, -0.2) is 14.4 Å². The minimum atomic E-state index is -1.37. The number of hydrogen-bond acceptors (Lipinski definition) is 8. The second-order valence-electron chi connectivity index (χ2n) is 10.4. The van der Waals surface area contributed by atoms with E-state index in [1.54, 1.807) is 109 Å². The van der Waals surface area contributed by atoms with E-state index >= 15 is 0 Å². The molecule has 0 radical (unpaired) electrons. The molecule has 1 aromatic heterocycles. The summed E-state index contributed by atoms with van der Waals surface area (Å²) in [6.07, 6.45) is -3.71. The van der Waals surface area contributed by atoms with Crippen molar-refractivity contribution >= 4 is 51.9 Å². The van der Waals surface area contributed by atoms with Crippen molar-refractivity contribution in [2.75, 3.05) is 6.61 Å². The van der Waals surface area contributed by atoms with Crippen LogP contribution >= 0.6 is 23.2 Å². The van der Waals surface area contributed by atoms with Gasteiger partial charge in [-0.3, -0.25) is 9.36 Å². The quantitative estimate of drug-likeness (QED) is 0.137. The Labute approximate surface area is 272 Å². The highest BCUT2D eigenvalue weighted by Gasteiger charge is 2.51. The van der Waals surface area contributed by atoms with Crippen LogP contribution in [-0.2, 0) is 18.9 Å². The average molecular weight is 658 g/mol. The Balaban J connectivity index is 1.41. The molecule has 1 aliphatic rings. The number of ether oxygens (including phenoxy) is 4. The summed E-state index contributed by atoms with van der Waals surface area (Å²) in [5.41, 5.74) is 0.141. The van der Waals surface area contributed by atoms with Gasteiger partial charge in [0.05, 0.1) is 32.1 Å². The highest BCUT2D eigenvalue weighted by Crippen LogP contribution is 2.36. The van der Waals surface area contributed by atoms with Gasteiger partial charge in [0.25, 0.3) is 5.56 Å². The molecule has 0 aliphatic carbocycles. The lowest BCUT2D eigenvalue weighted by molar-refractivity contribution is -0.0632. The van der Waals surface area contributed by atoms with E-state index in [1.165, 1.54) is 10.8 Å². The van der Waals surface area contributed by atoms with Crippen LogP contribution in [0.1, 0.15) is 37.3 Å². The Morgan fingerprint density at radius 2 is 1.20 bits per heavy atom. The molecule has 232 valence electrons. The summed E-state index contributed by atoms with van der Waals surface area (Å²) in [5.74, 6) is -2.14. The molecule has 1 saturated heterocycles. The maximum Gasteiger partial charge on any atom is 0.338 e. The monoisotopic (exact) mass is 657 g/mol. The zero-order valence-corrected chi connectivity index (χ0v) is 25.5. The van der Waals surface area contributed by atoms with E-state index in [0.29, 0.717) is 10.9 Å². The Morgan fingerprint density at radius 3 is 1.76 bits per heavy atom. The predicted octanol–water partition coefficient (Wildman–Crippen LogP) is 6.51. The van der Waals surface area contributed by atoms with E-state index in [9.17, 15) is 19.2 Å². The van der Waals surface area contributed by atoms with Gasteiger partial charge >= 0.3 is 17.9 Å². The van der Waals surface area contributed by atoms with Gasteiger partial charge in [-0.15, -0.1) is 0 Å². The van der Waals surface area contributed by atoms with E-state index in [2.05, 4.69) is 0 Å². The Hall–Kier alpha value is -4.96. The number of pyridine rings is 1. The minimum absolute atomic E-state index is 0.0368. The van der Waals surface area contributed by atoms with Gasteiger partial charge in [0.1, 0.15) is 12.7 Å². The van der Waals surface area contributed by atoms with Crippen LogP contribution < -0.4 is 5.56 Å². The lowest BCUT2D eigenvalue weighted by Crippen LogP contribution is -2.42. The Kier molecular flexibility index (Phi) is 9.16. The van der Waals surface area contributed by atoms with Gasteiger partial charge in [0, 0.05) is 6.20 Å². The zero-order chi connectivity index (χ0) is 32.2. The van der Waals surface area contributed by atoms with Gasteiger partial charge in [-0.05, 0) is 53.9 Å². The third kappa shape index (κ3) is 6.39. The fourth-order valence-electron chi connectivity index (χ4n) is 5.16. The lowest BCUT2D eigenvalue weighted by Gasteiger charge is -2.25. The first-order valence-corrected chi connectivity index (χ1v) is 15.0. The van der Waals surface area contributed by atoms with E-state index in [4.69, 9.17) is 42.1 Å². The topological polar surface area (TPSA) is 110 Å². The van der Waals surface area contributed by atoms with Crippen LogP contribution in [0.4, 0.5) is 0 Å². The molecule has 0 bridgehead atoms. The number of carbonyl (C=O) groups excluding carboxylic acids is 3. The van der Waals surface area contributed by atoms with Crippen molar-refractivity contribution in [2.45, 2.75) is 24.5 Å². The van der Waals surface area contributed by atoms with Crippen LogP contribution in [0.25, 0.3) is 10.8 Å². The fourth-order valence-corrected chi connectivity index (χ4v) is 5.57. The first-order valence-electron chi connectivity index (χ1n) is 14.2. The van der Waals surface area contributed by atoms with Crippen LogP contribution in [0.5, 0.6) is 0 Å². The molecule has 0 N–H and O–H groups in total. The normalized spacial score (nSPS) is 19.0. The molecule has 1 fully saturated rings. The molecule has 9 nitrogen and oxygen atoms in total. The largest absolute Gasteiger partial charge is 0.459 e. The Morgan fingerprint density at radius 1 is 0.674 bits per heavy atom. The molecular weight excluding hydrogens is 633 g/mol. The summed E-state index contributed by atoms with van der Waals surface area (Å²) < 4.78 is 24.9. The average Bonchev–Trinajstić information content (AvgIpc) is 3.42. The van der Waals surface area contributed by atoms with Crippen LogP contribution in [0, 0.1) is 0 Å². The van der Waals surface area contributed by atoms with E-state index < -0.39 is 54.6 Å². The van der Waals surface area contributed by atoms with Gasteiger partial charge in [0.15, 0.2) is 18.4 Å². The fraction of sp³-hybridized carbons (Fsp3) is 0.143. The van der Waals surface area contributed by atoms with Crippen LogP contribution in [-0.4, -0.2) is 47.4 Å². The third-order valence-electron chi connectivity index (χ3n) is 7.44. The summed E-state index contributed by atoms with van der Waals surface area (Å²) in [5, 5.41) is 0.843. The Bertz CT molecular complexity index is 1950. The van der Waals surface area contributed by atoms with Gasteiger partial charge in [-0.2, -0.15) is 0 Å². The number of benzene rings is 4. The van der Waals surface area contributed by atoms with Crippen molar-refractivity contribution in [1.29, 1.82) is 0 Å².